The fourth-order valence-corrected chi connectivity index (χ4v) is 6.12. The van der Waals surface area contributed by atoms with Crippen LogP contribution in [-0.2, 0) is 11.3 Å². The van der Waals surface area contributed by atoms with Crippen molar-refractivity contribution in [2.75, 3.05) is 39.2 Å². The number of amides is 2. The molecule has 9 heteroatoms. The Morgan fingerprint density at radius 3 is 2.30 bits per heavy atom. The molecule has 4 aromatic rings. The van der Waals surface area contributed by atoms with E-state index in [1.54, 1.807) is 53.9 Å². The Morgan fingerprint density at radius 1 is 0.979 bits per heavy atom. The number of aliphatic hydroxyl groups excluding tert-OH is 1. The van der Waals surface area contributed by atoms with Crippen LogP contribution in [0.15, 0.2) is 107 Å². The summed E-state index contributed by atoms with van der Waals surface area (Å²) in [6, 6.07) is 29.9. The molecule has 47 heavy (non-hydrogen) atoms. The van der Waals surface area contributed by atoms with Crippen LogP contribution in [0.4, 0.5) is 10.1 Å². The van der Waals surface area contributed by atoms with Gasteiger partial charge in [-0.2, -0.15) is 0 Å². The van der Waals surface area contributed by atoms with Gasteiger partial charge < -0.3 is 25.0 Å². The summed E-state index contributed by atoms with van der Waals surface area (Å²) < 4.78 is 19.1. The van der Waals surface area contributed by atoms with Crippen LogP contribution in [0.25, 0.3) is 0 Å². The Labute approximate surface area is 281 Å². The second kappa shape index (κ2) is 17.7. The highest BCUT2D eigenvalue weighted by molar-refractivity contribution is 7.99. The largest absolute Gasteiger partial charge is 0.490 e. The first-order valence-electron chi connectivity index (χ1n) is 15.9. The monoisotopic (exact) mass is 657 g/mol. The lowest BCUT2D eigenvalue weighted by atomic mass is 9.95. The summed E-state index contributed by atoms with van der Waals surface area (Å²) in [4.78, 5) is 32.4. The number of fused-ring (bicyclic) bond motifs is 1. The molecule has 0 bridgehead atoms. The minimum absolute atomic E-state index is 0.131. The molecule has 2 atom stereocenters. The van der Waals surface area contributed by atoms with E-state index in [2.05, 4.69) is 72.8 Å². The summed E-state index contributed by atoms with van der Waals surface area (Å²) >= 11 is 1.80. The Bertz CT molecular complexity index is 1580. The van der Waals surface area contributed by atoms with E-state index in [9.17, 15) is 19.1 Å². The van der Waals surface area contributed by atoms with E-state index in [0.717, 1.165) is 12.1 Å². The average molecular weight is 658 g/mol. The summed E-state index contributed by atoms with van der Waals surface area (Å²) in [5.74, 6) is -0.979. The van der Waals surface area contributed by atoms with Gasteiger partial charge in [-0.15, -0.1) is 0 Å². The summed E-state index contributed by atoms with van der Waals surface area (Å²) in [5.41, 5.74) is 2.84. The zero-order chi connectivity index (χ0) is 33.8. The van der Waals surface area contributed by atoms with E-state index in [0.29, 0.717) is 43.0 Å². The lowest BCUT2D eigenvalue weighted by Crippen LogP contribution is -2.42. The number of hydrogen-bond acceptors (Lipinski definition) is 6. The van der Waals surface area contributed by atoms with Crippen LogP contribution >= 0.6 is 11.8 Å². The van der Waals surface area contributed by atoms with Crippen molar-refractivity contribution in [2.45, 2.75) is 55.0 Å². The van der Waals surface area contributed by atoms with E-state index in [4.69, 9.17) is 4.74 Å². The SMILES string of the molecule is CCC(C(=O)Nc1cccc2c1OCCCN([C@@H](C)CO)C2=O)c1ccc(F)cc1.CN(C)Cc1ccc(Sc2ccccc2)cc1. The molecule has 0 fully saturated rings. The summed E-state index contributed by atoms with van der Waals surface area (Å²) in [7, 11) is 4.18. The summed E-state index contributed by atoms with van der Waals surface area (Å²) in [6.45, 7) is 5.41. The van der Waals surface area contributed by atoms with Gasteiger partial charge in [0.1, 0.15) is 5.82 Å². The first-order chi connectivity index (χ1) is 22.7. The lowest BCUT2D eigenvalue weighted by Gasteiger charge is -2.31. The van der Waals surface area contributed by atoms with Gasteiger partial charge in [0.2, 0.25) is 5.91 Å². The fourth-order valence-electron chi connectivity index (χ4n) is 5.28. The number of halogens is 1. The zero-order valence-corrected chi connectivity index (χ0v) is 28.3. The van der Waals surface area contributed by atoms with Crippen molar-refractivity contribution in [3.8, 4) is 5.75 Å². The molecule has 1 unspecified atom stereocenters. The minimum Gasteiger partial charge on any atom is -0.490 e. The van der Waals surface area contributed by atoms with Gasteiger partial charge in [-0.3, -0.25) is 9.59 Å². The van der Waals surface area contributed by atoms with Crippen molar-refractivity contribution in [1.29, 1.82) is 0 Å². The predicted octanol–water partition coefficient (Wildman–Crippen LogP) is 7.46. The lowest BCUT2D eigenvalue weighted by molar-refractivity contribution is -0.117. The maximum absolute atomic E-state index is 13.2. The van der Waals surface area contributed by atoms with Crippen LogP contribution in [-0.4, -0.2) is 66.6 Å². The van der Waals surface area contributed by atoms with Crippen LogP contribution in [0.5, 0.6) is 5.75 Å². The number of aliphatic hydroxyl groups is 1. The summed E-state index contributed by atoms with van der Waals surface area (Å²) in [6.07, 6.45) is 1.15. The normalized spacial score (nSPS) is 14.1. The molecule has 0 aliphatic carbocycles. The maximum Gasteiger partial charge on any atom is 0.258 e. The number of benzene rings is 4. The summed E-state index contributed by atoms with van der Waals surface area (Å²) in [5, 5.41) is 12.4. The van der Waals surface area contributed by atoms with Crippen molar-refractivity contribution in [1.82, 2.24) is 9.80 Å². The Balaban J connectivity index is 0.000000248. The van der Waals surface area contributed by atoms with Crippen LogP contribution in [0.3, 0.4) is 0 Å². The third-order valence-corrected chi connectivity index (χ3v) is 8.76. The number of nitrogens with one attached hydrogen (secondary N) is 1. The number of para-hydroxylation sites is 1. The minimum atomic E-state index is -0.461. The van der Waals surface area contributed by atoms with Gasteiger partial charge in [0.25, 0.3) is 5.91 Å². The van der Waals surface area contributed by atoms with Crippen molar-refractivity contribution < 1.29 is 23.8 Å². The highest BCUT2D eigenvalue weighted by atomic mass is 32.2. The molecule has 1 aliphatic heterocycles. The van der Waals surface area contributed by atoms with E-state index in [-0.39, 0.29) is 30.3 Å². The molecule has 0 spiro atoms. The first kappa shape index (κ1) is 35.7. The van der Waals surface area contributed by atoms with Gasteiger partial charge in [-0.05, 0) is 93.5 Å². The van der Waals surface area contributed by atoms with Crippen LogP contribution in [0, 0.1) is 5.82 Å². The number of hydrogen-bond donors (Lipinski definition) is 2. The van der Waals surface area contributed by atoms with E-state index in [1.165, 1.54) is 27.5 Å². The Morgan fingerprint density at radius 2 is 1.66 bits per heavy atom. The van der Waals surface area contributed by atoms with Gasteiger partial charge in [0, 0.05) is 22.9 Å². The van der Waals surface area contributed by atoms with Crippen molar-refractivity contribution >= 4 is 29.3 Å². The van der Waals surface area contributed by atoms with Crippen LogP contribution < -0.4 is 10.1 Å². The molecule has 5 rings (SSSR count). The predicted molar refractivity (Wildman–Crippen MR) is 187 cm³/mol. The molecule has 1 heterocycles. The number of rotatable bonds is 10. The second-order valence-corrected chi connectivity index (χ2v) is 12.9. The van der Waals surface area contributed by atoms with Crippen molar-refractivity contribution in [2.24, 2.45) is 0 Å². The topological polar surface area (TPSA) is 82.1 Å². The Kier molecular flexibility index (Phi) is 13.4. The van der Waals surface area contributed by atoms with Crippen molar-refractivity contribution in [3.05, 3.63) is 120 Å². The van der Waals surface area contributed by atoms with Crippen LogP contribution in [0.2, 0.25) is 0 Å². The molecule has 2 amide bonds. The van der Waals surface area contributed by atoms with E-state index in [1.807, 2.05) is 13.0 Å². The molecule has 0 aromatic heterocycles. The average Bonchev–Trinajstić information content (AvgIpc) is 3.06. The van der Waals surface area contributed by atoms with Crippen molar-refractivity contribution in [3.63, 3.8) is 0 Å². The molecule has 248 valence electrons. The maximum atomic E-state index is 13.2. The number of carbonyl (C=O) groups excluding carboxylic acids is 2. The molecular weight excluding hydrogens is 614 g/mol. The van der Waals surface area contributed by atoms with Gasteiger partial charge in [-0.25, -0.2) is 4.39 Å². The fraction of sp³-hybridized carbons (Fsp3) is 0.316. The standard InChI is InChI=1S/C23H27FN2O4.C15H17NS/c1-3-18(16-8-10-17(24)11-9-16)22(28)25-20-7-4-6-19-21(20)30-13-5-12-26(23(19)29)15(2)14-27;1-16(2)12-13-8-10-15(11-9-13)17-14-6-4-3-5-7-14/h4,6-11,15,18,27H,3,5,12-14H2,1-2H3,(H,25,28);3-11H,12H2,1-2H3/t15-,18?;/m0./s1. The van der Waals surface area contributed by atoms with E-state index < -0.39 is 5.92 Å². The van der Waals surface area contributed by atoms with E-state index >= 15 is 0 Å². The smallest absolute Gasteiger partial charge is 0.258 e. The van der Waals surface area contributed by atoms with Gasteiger partial charge >= 0.3 is 0 Å². The third-order valence-electron chi connectivity index (χ3n) is 7.75. The molecule has 0 saturated carbocycles. The number of carbonyl (C=O) groups is 2. The molecule has 0 saturated heterocycles. The zero-order valence-electron chi connectivity index (χ0n) is 27.5. The second-order valence-electron chi connectivity index (χ2n) is 11.7. The van der Waals surface area contributed by atoms with Gasteiger partial charge in [0.05, 0.1) is 36.4 Å². The number of nitrogens with zero attached hydrogens (tertiary/aromatic N) is 2. The molecule has 0 radical (unpaired) electrons. The van der Waals surface area contributed by atoms with Gasteiger partial charge in [-0.1, -0.05) is 67.2 Å². The molecule has 4 aromatic carbocycles. The molecule has 1 aliphatic rings. The molecule has 2 N–H and O–H groups in total. The Hall–Kier alpha value is -4.18. The highest BCUT2D eigenvalue weighted by Crippen LogP contribution is 2.33. The first-order valence-corrected chi connectivity index (χ1v) is 16.7. The molecular formula is C38H44FN3O4S. The quantitative estimate of drug-likeness (QED) is 0.184. The highest BCUT2D eigenvalue weighted by Gasteiger charge is 2.28. The van der Waals surface area contributed by atoms with Crippen LogP contribution in [0.1, 0.15) is 54.1 Å². The third kappa shape index (κ3) is 10.2. The molecule has 7 nitrogen and oxygen atoms in total. The number of anilines is 1. The van der Waals surface area contributed by atoms with Gasteiger partial charge in [0.15, 0.2) is 5.75 Å². The number of ether oxygens (including phenoxy) is 1.